The molecule has 1 saturated carbocycles. The van der Waals surface area contributed by atoms with Crippen LogP contribution >= 0.6 is 0 Å². The molecule has 1 aliphatic rings. The first kappa shape index (κ1) is 17.8. The fourth-order valence-corrected chi connectivity index (χ4v) is 3.71. The Bertz CT molecular complexity index is 811. The van der Waals surface area contributed by atoms with E-state index in [1.165, 1.54) is 36.8 Å². The molecule has 0 unspecified atom stereocenters. The lowest BCUT2D eigenvalue weighted by atomic mass is 10.1. The Labute approximate surface area is 160 Å². The summed E-state index contributed by atoms with van der Waals surface area (Å²) in [6.07, 6.45) is 10.8. The minimum absolute atomic E-state index is 0.384. The number of hydrogen-bond acceptors (Lipinski definition) is 4. The second-order valence-electron chi connectivity index (χ2n) is 7.26. The molecule has 0 spiro atoms. The minimum Gasteiger partial charge on any atom is -0.490 e. The molecule has 27 heavy (non-hydrogen) atoms. The number of rotatable bonds is 8. The van der Waals surface area contributed by atoms with Crippen LogP contribution in [-0.2, 0) is 19.6 Å². The lowest BCUT2D eigenvalue weighted by Crippen LogP contribution is -2.22. The summed E-state index contributed by atoms with van der Waals surface area (Å²) in [5, 5.41) is 0. The van der Waals surface area contributed by atoms with Crippen molar-refractivity contribution >= 4 is 0 Å². The van der Waals surface area contributed by atoms with Crippen LogP contribution in [0.3, 0.4) is 0 Å². The highest BCUT2D eigenvalue weighted by Crippen LogP contribution is 2.25. The molecule has 1 aliphatic carbocycles. The molecule has 2 heterocycles. The van der Waals surface area contributed by atoms with Crippen molar-refractivity contribution in [2.24, 2.45) is 0 Å². The van der Waals surface area contributed by atoms with E-state index in [1.807, 2.05) is 30.6 Å². The molecule has 0 bridgehead atoms. The molecular formula is C23H26N2O2. The van der Waals surface area contributed by atoms with Crippen LogP contribution in [-0.4, -0.2) is 16.0 Å². The summed E-state index contributed by atoms with van der Waals surface area (Å²) in [6, 6.07) is 16.6. The van der Waals surface area contributed by atoms with Crippen LogP contribution in [0.5, 0.6) is 5.75 Å². The van der Waals surface area contributed by atoms with Crippen molar-refractivity contribution in [2.45, 2.75) is 51.4 Å². The third-order valence-electron chi connectivity index (χ3n) is 5.00. The van der Waals surface area contributed by atoms with Crippen molar-refractivity contribution in [3.05, 3.63) is 84.1 Å². The average Bonchev–Trinajstić information content (AvgIpc) is 3.37. The quantitative estimate of drug-likeness (QED) is 0.552. The van der Waals surface area contributed by atoms with E-state index in [2.05, 4.69) is 40.2 Å². The van der Waals surface area contributed by atoms with Gasteiger partial charge in [-0.2, -0.15) is 0 Å². The van der Waals surface area contributed by atoms with Gasteiger partial charge in [-0.3, -0.25) is 9.88 Å². The summed E-state index contributed by atoms with van der Waals surface area (Å²) >= 11 is 0. The number of ether oxygens (including phenoxy) is 1. The number of aromatic nitrogens is 1. The molecule has 1 aromatic carbocycles. The maximum absolute atomic E-state index is 6.17. The maximum atomic E-state index is 6.17. The number of furan rings is 1. The molecule has 4 nitrogen and oxygen atoms in total. The van der Waals surface area contributed by atoms with Crippen LogP contribution in [0.25, 0.3) is 0 Å². The van der Waals surface area contributed by atoms with Gasteiger partial charge in [0, 0.05) is 25.5 Å². The number of pyridine rings is 1. The Hall–Kier alpha value is -2.59. The minimum atomic E-state index is 0.384. The molecule has 0 amide bonds. The lowest BCUT2D eigenvalue weighted by Gasteiger charge is -2.22. The third-order valence-corrected chi connectivity index (χ3v) is 5.00. The van der Waals surface area contributed by atoms with Gasteiger partial charge in [0.05, 0.1) is 18.9 Å². The summed E-state index contributed by atoms with van der Waals surface area (Å²) in [5.74, 6) is 1.95. The molecule has 0 radical (unpaired) electrons. The van der Waals surface area contributed by atoms with E-state index in [0.29, 0.717) is 6.10 Å². The summed E-state index contributed by atoms with van der Waals surface area (Å²) in [6.45, 7) is 2.41. The van der Waals surface area contributed by atoms with Crippen molar-refractivity contribution in [3.63, 3.8) is 0 Å². The van der Waals surface area contributed by atoms with Gasteiger partial charge in [-0.1, -0.05) is 18.2 Å². The Balaban J connectivity index is 1.46. The fraction of sp³-hybridized carbons (Fsp3) is 0.348. The van der Waals surface area contributed by atoms with E-state index in [4.69, 9.17) is 9.15 Å². The molecule has 2 aromatic heterocycles. The second kappa shape index (κ2) is 8.87. The smallest absolute Gasteiger partial charge is 0.120 e. The van der Waals surface area contributed by atoms with Crippen molar-refractivity contribution in [3.8, 4) is 5.75 Å². The average molecular weight is 362 g/mol. The monoisotopic (exact) mass is 362 g/mol. The molecule has 140 valence electrons. The summed E-state index contributed by atoms with van der Waals surface area (Å²) < 4.78 is 11.7. The van der Waals surface area contributed by atoms with E-state index in [1.54, 1.807) is 6.26 Å². The first-order valence-corrected chi connectivity index (χ1v) is 9.74. The van der Waals surface area contributed by atoms with Crippen LogP contribution < -0.4 is 4.74 Å². The maximum Gasteiger partial charge on any atom is 0.120 e. The fourth-order valence-electron chi connectivity index (χ4n) is 3.71. The lowest BCUT2D eigenvalue weighted by molar-refractivity contribution is 0.207. The zero-order chi connectivity index (χ0) is 18.3. The van der Waals surface area contributed by atoms with Crippen molar-refractivity contribution < 1.29 is 9.15 Å². The SMILES string of the molecule is c1cncc(CN(Cc2cccc(OC3CCCC3)c2)Cc2ccco2)c1. The van der Waals surface area contributed by atoms with E-state index in [-0.39, 0.29) is 0 Å². The van der Waals surface area contributed by atoms with Gasteiger partial charge in [-0.25, -0.2) is 0 Å². The first-order chi connectivity index (χ1) is 13.3. The molecule has 3 aromatic rings. The number of benzene rings is 1. The molecule has 4 heteroatoms. The summed E-state index contributed by atoms with van der Waals surface area (Å²) in [4.78, 5) is 6.61. The van der Waals surface area contributed by atoms with Gasteiger partial charge in [-0.05, 0) is 67.1 Å². The standard InChI is InChI=1S/C23H26N2O2/c1-2-9-21(8-1)27-22-10-3-6-19(14-22)16-25(18-23-11-5-13-26-23)17-20-7-4-12-24-15-20/h3-7,10-15,21H,1-2,8-9,16-18H2. The molecule has 0 N–H and O–H groups in total. The van der Waals surface area contributed by atoms with Gasteiger partial charge < -0.3 is 9.15 Å². The molecule has 1 fully saturated rings. The molecule has 0 atom stereocenters. The van der Waals surface area contributed by atoms with Gasteiger partial charge in [0.1, 0.15) is 11.5 Å². The Morgan fingerprint density at radius 1 is 0.963 bits per heavy atom. The number of hydrogen-bond donors (Lipinski definition) is 0. The van der Waals surface area contributed by atoms with Crippen LogP contribution in [0.1, 0.15) is 42.6 Å². The highest BCUT2D eigenvalue weighted by Gasteiger charge is 2.17. The highest BCUT2D eigenvalue weighted by molar-refractivity contribution is 5.29. The Morgan fingerprint density at radius 2 is 1.81 bits per heavy atom. The zero-order valence-electron chi connectivity index (χ0n) is 15.6. The Morgan fingerprint density at radius 3 is 2.59 bits per heavy atom. The summed E-state index contributed by atoms with van der Waals surface area (Å²) in [7, 11) is 0. The van der Waals surface area contributed by atoms with E-state index < -0.39 is 0 Å². The molecule has 4 rings (SSSR count). The van der Waals surface area contributed by atoms with Gasteiger partial charge in [-0.15, -0.1) is 0 Å². The van der Waals surface area contributed by atoms with E-state index in [9.17, 15) is 0 Å². The largest absolute Gasteiger partial charge is 0.490 e. The van der Waals surface area contributed by atoms with Crippen molar-refractivity contribution in [1.82, 2.24) is 9.88 Å². The van der Waals surface area contributed by atoms with Gasteiger partial charge in [0.2, 0.25) is 0 Å². The topological polar surface area (TPSA) is 38.5 Å². The molecule has 0 aliphatic heterocycles. The predicted molar refractivity (Wildman–Crippen MR) is 105 cm³/mol. The third kappa shape index (κ3) is 5.20. The second-order valence-corrected chi connectivity index (χ2v) is 7.26. The van der Waals surface area contributed by atoms with Gasteiger partial charge in [0.25, 0.3) is 0 Å². The van der Waals surface area contributed by atoms with Crippen LogP contribution in [0, 0.1) is 0 Å². The summed E-state index contributed by atoms with van der Waals surface area (Å²) in [5.41, 5.74) is 2.45. The Kier molecular flexibility index (Phi) is 5.85. The van der Waals surface area contributed by atoms with Crippen LogP contribution in [0.15, 0.2) is 71.6 Å². The normalized spacial score (nSPS) is 14.7. The van der Waals surface area contributed by atoms with Crippen LogP contribution in [0.2, 0.25) is 0 Å². The highest BCUT2D eigenvalue weighted by atomic mass is 16.5. The first-order valence-electron chi connectivity index (χ1n) is 9.74. The van der Waals surface area contributed by atoms with E-state index in [0.717, 1.165) is 31.1 Å². The van der Waals surface area contributed by atoms with Crippen molar-refractivity contribution in [2.75, 3.05) is 0 Å². The van der Waals surface area contributed by atoms with Gasteiger partial charge in [0.15, 0.2) is 0 Å². The predicted octanol–water partition coefficient (Wildman–Crippen LogP) is 5.20. The van der Waals surface area contributed by atoms with Gasteiger partial charge >= 0.3 is 0 Å². The van der Waals surface area contributed by atoms with Crippen LogP contribution in [0.4, 0.5) is 0 Å². The number of nitrogens with zero attached hydrogens (tertiary/aromatic N) is 2. The molecular weight excluding hydrogens is 336 g/mol. The zero-order valence-corrected chi connectivity index (χ0v) is 15.6. The van der Waals surface area contributed by atoms with E-state index >= 15 is 0 Å². The molecule has 0 saturated heterocycles. The van der Waals surface area contributed by atoms with Crippen molar-refractivity contribution in [1.29, 1.82) is 0 Å².